The van der Waals surface area contributed by atoms with Gasteiger partial charge in [0.2, 0.25) is 5.95 Å². The van der Waals surface area contributed by atoms with Gasteiger partial charge in [0.25, 0.3) is 5.56 Å². The fraction of sp³-hybridized carbons (Fsp3) is 0.318. The summed E-state index contributed by atoms with van der Waals surface area (Å²) in [6, 6.07) is 15.7. The van der Waals surface area contributed by atoms with Crippen molar-refractivity contribution in [3.63, 3.8) is 0 Å². The molecule has 146 valence electrons. The lowest BCUT2D eigenvalue weighted by Gasteiger charge is -2.26. The summed E-state index contributed by atoms with van der Waals surface area (Å²) in [5.41, 5.74) is 8.43. The average molecular weight is 377 g/mol. The summed E-state index contributed by atoms with van der Waals surface area (Å²) in [5, 5.41) is 0. The van der Waals surface area contributed by atoms with Crippen LogP contribution in [-0.4, -0.2) is 34.2 Å². The molecule has 0 spiro atoms. The molecule has 6 nitrogen and oxygen atoms in total. The molecule has 0 aliphatic rings. The molecule has 28 heavy (non-hydrogen) atoms. The Balaban J connectivity index is 1.91. The van der Waals surface area contributed by atoms with E-state index in [0.29, 0.717) is 18.2 Å². The van der Waals surface area contributed by atoms with Crippen LogP contribution in [0, 0.1) is 0 Å². The number of benzene rings is 1. The number of unbranched alkanes of at least 4 members (excludes halogenated alkanes) is 1. The van der Waals surface area contributed by atoms with Crippen molar-refractivity contribution in [2.75, 3.05) is 24.5 Å². The van der Waals surface area contributed by atoms with Gasteiger partial charge in [0.15, 0.2) is 0 Å². The first-order valence-electron chi connectivity index (χ1n) is 9.66. The predicted octanol–water partition coefficient (Wildman–Crippen LogP) is 2.63. The summed E-state index contributed by atoms with van der Waals surface area (Å²) >= 11 is 0. The molecule has 0 saturated heterocycles. The Labute approximate surface area is 165 Å². The quantitative estimate of drug-likeness (QED) is 0.580. The van der Waals surface area contributed by atoms with Gasteiger partial charge in [-0.25, -0.2) is 4.98 Å². The molecule has 0 unspecified atom stereocenters. The van der Waals surface area contributed by atoms with Crippen LogP contribution in [0.3, 0.4) is 0 Å². The minimum absolute atomic E-state index is 0.0691. The molecule has 2 aromatic heterocycles. The highest BCUT2D eigenvalue weighted by Gasteiger charge is 2.15. The number of anilines is 1. The van der Waals surface area contributed by atoms with Crippen molar-refractivity contribution in [1.29, 1.82) is 0 Å². The summed E-state index contributed by atoms with van der Waals surface area (Å²) in [6.07, 6.45) is 6.21. The van der Waals surface area contributed by atoms with Crippen molar-refractivity contribution < 1.29 is 0 Å². The Kier molecular flexibility index (Phi) is 6.92. The molecule has 0 atom stereocenters. The van der Waals surface area contributed by atoms with E-state index < -0.39 is 0 Å². The number of nitrogens with two attached hydrogens (primary N) is 1. The number of aromatic nitrogens is 3. The van der Waals surface area contributed by atoms with Gasteiger partial charge in [-0.2, -0.15) is 0 Å². The third-order valence-corrected chi connectivity index (χ3v) is 4.77. The van der Waals surface area contributed by atoms with Gasteiger partial charge in [-0.15, -0.1) is 0 Å². The summed E-state index contributed by atoms with van der Waals surface area (Å²) in [4.78, 5) is 23.7. The first kappa shape index (κ1) is 19.8. The normalized spacial score (nSPS) is 10.8. The van der Waals surface area contributed by atoms with E-state index in [4.69, 9.17) is 10.7 Å². The lowest BCUT2D eigenvalue weighted by Crippen LogP contribution is -2.34. The molecule has 0 radical (unpaired) electrons. The van der Waals surface area contributed by atoms with Crippen molar-refractivity contribution in [3.8, 4) is 11.3 Å². The molecule has 0 aliphatic carbocycles. The maximum absolute atomic E-state index is 12.6. The second-order valence-electron chi connectivity index (χ2n) is 6.79. The Bertz CT molecular complexity index is 925. The number of pyridine rings is 1. The SMILES string of the molecule is Cn1c(N(CCCCN)CCc2ccccc2)nc(-c2ccncc2)cc1=O. The zero-order valence-corrected chi connectivity index (χ0v) is 16.3. The van der Waals surface area contributed by atoms with Crippen molar-refractivity contribution in [3.05, 3.63) is 76.8 Å². The minimum Gasteiger partial charge on any atom is -0.342 e. The second kappa shape index (κ2) is 9.80. The van der Waals surface area contributed by atoms with Gasteiger partial charge in [0.1, 0.15) is 0 Å². The molecule has 0 saturated carbocycles. The number of rotatable bonds is 9. The first-order valence-corrected chi connectivity index (χ1v) is 9.66. The Hall–Kier alpha value is -2.99. The maximum Gasteiger partial charge on any atom is 0.255 e. The van der Waals surface area contributed by atoms with E-state index in [2.05, 4.69) is 22.0 Å². The fourth-order valence-corrected chi connectivity index (χ4v) is 3.15. The van der Waals surface area contributed by atoms with Gasteiger partial charge in [0.05, 0.1) is 5.69 Å². The Morgan fingerprint density at radius 1 is 1.04 bits per heavy atom. The highest BCUT2D eigenvalue weighted by Crippen LogP contribution is 2.18. The number of nitrogens with zero attached hydrogens (tertiary/aromatic N) is 4. The smallest absolute Gasteiger partial charge is 0.255 e. The van der Waals surface area contributed by atoms with E-state index >= 15 is 0 Å². The molecule has 0 amide bonds. The van der Waals surface area contributed by atoms with Crippen LogP contribution in [0.2, 0.25) is 0 Å². The predicted molar refractivity (Wildman–Crippen MR) is 113 cm³/mol. The molecule has 0 bridgehead atoms. The standard InChI is InChI=1S/C22H27N5O/c1-26-21(28)17-20(19-9-13-24-14-10-19)25-22(26)27(15-6-5-12-23)16-11-18-7-3-2-4-8-18/h2-4,7-10,13-14,17H,5-6,11-12,15-16,23H2,1H3. The van der Waals surface area contributed by atoms with Gasteiger partial charge in [-0.1, -0.05) is 30.3 Å². The van der Waals surface area contributed by atoms with E-state index in [0.717, 1.165) is 37.9 Å². The molecule has 6 heteroatoms. The van der Waals surface area contributed by atoms with Crippen molar-refractivity contribution >= 4 is 5.95 Å². The second-order valence-corrected chi connectivity index (χ2v) is 6.79. The topological polar surface area (TPSA) is 77.0 Å². The van der Waals surface area contributed by atoms with Crippen LogP contribution < -0.4 is 16.2 Å². The van der Waals surface area contributed by atoms with E-state index in [-0.39, 0.29) is 5.56 Å². The van der Waals surface area contributed by atoms with Crippen LogP contribution in [0.4, 0.5) is 5.95 Å². The lowest BCUT2D eigenvalue weighted by molar-refractivity contribution is 0.651. The van der Waals surface area contributed by atoms with E-state index in [9.17, 15) is 4.79 Å². The molecule has 3 aromatic rings. The van der Waals surface area contributed by atoms with E-state index in [1.165, 1.54) is 5.56 Å². The molecule has 3 rings (SSSR count). The summed E-state index contributed by atoms with van der Waals surface area (Å²) in [7, 11) is 1.78. The summed E-state index contributed by atoms with van der Waals surface area (Å²) in [6.45, 7) is 2.26. The van der Waals surface area contributed by atoms with Crippen LogP contribution in [0.25, 0.3) is 11.3 Å². The van der Waals surface area contributed by atoms with E-state index in [1.807, 2.05) is 30.3 Å². The first-order chi connectivity index (χ1) is 13.7. The van der Waals surface area contributed by atoms with Crippen molar-refractivity contribution in [2.24, 2.45) is 12.8 Å². The largest absolute Gasteiger partial charge is 0.342 e. The maximum atomic E-state index is 12.6. The molecule has 2 heterocycles. The molecule has 0 aliphatic heterocycles. The van der Waals surface area contributed by atoms with Gasteiger partial charge in [0, 0.05) is 44.2 Å². The van der Waals surface area contributed by atoms with Gasteiger partial charge < -0.3 is 10.6 Å². The van der Waals surface area contributed by atoms with E-state index in [1.54, 1.807) is 30.1 Å². The van der Waals surface area contributed by atoms with Gasteiger partial charge in [-0.3, -0.25) is 14.3 Å². The zero-order chi connectivity index (χ0) is 19.8. The molecule has 2 N–H and O–H groups in total. The van der Waals surface area contributed by atoms with Crippen LogP contribution in [0.15, 0.2) is 65.7 Å². The van der Waals surface area contributed by atoms with Crippen LogP contribution in [-0.2, 0) is 13.5 Å². The number of hydrogen-bond acceptors (Lipinski definition) is 5. The lowest BCUT2D eigenvalue weighted by atomic mass is 10.1. The van der Waals surface area contributed by atoms with Crippen LogP contribution >= 0.6 is 0 Å². The molecular formula is C22H27N5O. The molecule has 1 aromatic carbocycles. The fourth-order valence-electron chi connectivity index (χ4n) is 3.15. The number of hydrogen-bond donors (Lipinski definition) is 1. The van der Waals surface area contributed by atoms with Crippen LogP contribution in [0.1, 0.15) is 18.4 Å². The monoisotopic (exact) mass is 377 g/mol. The zero-order valence-electron chi connectivity index (χ0n) is 16.3. The average Bonchev–Trinajstić information content (AvgIpc) is 2.74. The molecular weight excluding hydrogens is 350 g/mol. The van der Waals surface area contributed by atoms with Gasteiger partial charge >= 0.3 is 0 Å². The Morgan fingerprint density at radius 2 is 1.79 bits per heavy atom. The van der Waals surface area contributed by atoms with Crippen LogP contribution in [0.5, 0.6) is 0 Å². The third kappa shape index (κ3) is 5.04. The van der Waals surface area contributed by atoms with Crippen molar-refractivity contribution in [2.45, 2.75) is 19.3 Å². The summed E-state index contributed by atoms with van der Waals surface area (Å²) in [5.74, 6) is 0.687. The third-order valence-electron chi connectivity index (χ3n) is 4.77. The molecule has 0 fully saturated rings. The minimum atomic E-state index is -0.0691. The van der Waals surface area contributed by atoms with Crippen molar-refractivity contribution in [1.82, 2.24) is 14.5 Å². The highest BCUT2D eigenvalue weighted by atomic mass is 16.1. The highest BCUT2D eigenvalue weighted by molar-refractivity contribution is 5.59. The Morgan fingerprint density at radius 3 is 2.50 bits per heavy atom. The van der Waals surface area contributed by atoms with Gasteiger partial charge in [-0.05, 0) is 43.5 Å². The summed E-state index contributed by atoms with van der Waals surface area (Å²) < 4.78 is 1.62.